The number of hydrogen-bond donors (Lipinski definition) is 1. The molecule has 20 heavy (non-hydrogen) atoms. The van der Waals surface area contributed by atoms with Crippen molar-refractivity contribution in [2.45, 2.75) is 30.3 Å². The van der Waals surface area contributed by atoms with Gasteiger partial charge in [0, 0.05) is 17.5 Å². The van der Waals surface area contributed by atoms with Gasteiger partial charge in [-0.15, -0.1) is 12.6 Å². The largest absolute Gasteiger partial charge is 0.331 e. The first kappa shape index (κ1) is 14.0. The van der Waals surface area contributed by atoms with E-state index < -0.39 is 0 Å². The maximum Gasteiger partial charge on any atom is 0.255 e. The van der Waals surface area contributed by atoms with Crippen molar-refractivity contribution in [3.63, 3.8) is 0 Å². The summed E-state index contributed by atoms with van der Waals surface area (Å²) in [7, 11) is 0. The monoisotopic (exact) mass is 323 g/mol. The molecule has 0 saturated heterocycles. The zero-order valence-corrected chi connectivity index (χ0v) is 13.2. The minimum atomic E-state index is -0.000370. The lowest BCUT2D eigenvalue weighted by atomic mass is 10.1. The standard InChI is InChI=1S/C15H14ClNOS2/c16-14-4-3-12(19)7-13(14)15(18)17(11-1-2-11)8-10-5-6-20-9-10/h3-7,9,11,19H,1-2,8H2. The summed E-state index contributed by atoms with van der Waals surface area (Å²) in [5.74, 6) is -0.000370. The highest BCUT2D eigenvalue weighted by Crippen LogP contribution is 2.32. The summed E-state index contributed by atoms with van der Waals surface area (Å²) in [5.41, 5.74) is 1.72. The summed E-state index contributed by atoms with van der Waals surface area (Å²) >= 11 is 12.1. The van der Waals surface area contributed by atoms with Crippen LogP contribution in [0.5, 0.6) is 0 Å². The normalized spacial score (nSPS) is 14.3. The maximum atomic E-state index is 12.7. The molecule has 1 aromatic carbocycles. The van der Waals surface area contributed by atoms with Gasteiger partial charge in [0.1, 0.15) is 0 Å². The second-order valence-corrected chi connectivity index (χ2v) is 6.66. The third-order valence-corrected chi connectivity index (χ3v) is 4.70. The third-order valence-electron chi connectivity index (χ3n) is 3.36. The molecule has 0 N–H and O–H groups in total. The highest BCUT2D eigenvalue weighted by atomic mass is 35.5. The number of amides is 1. The molecule has 0 radical (unpaired) electrons. The number of thiophene rings is 1. The first-order valence-corrected chi connectivity index (χ1v) is 8.22. The van der Waals surface area contributed by atoms with Crippen molar-refractivity contribution in [2.75, 3.05) is 0 Å². The maximum absolute atomic E-state index is 12.7. The molecule has 1 amide bonds. The number of rotatable bonds is 4. The lowest BCUT2D eigenvalue weighted by Crippen LogP contribution is -2.32. The predicted octanol–water partition coefficient (Wildman–Crippen LogP) is 4.50. The van der Waals surface area contributed by atoms with Gasteiger partial charge in [-0.2, -0.15) is 11.3 Å². The number of hydrogen-bond acceptors (Lipinski definition) is 3. The summed E-state index contributed by atoms with van der Waals surface area (Å²) < 4.78 is 0. The van der Waals surface area contributed by atoms with Crippen LogP contribution in [-0.4, -0.2) is 16.8 Å². The van der Waals surface area contributed by atoms with E-state index in [1.807, 2.05) is 10.3 Å². The Hall–Kier alpha value is -0.970. The fourth-order valence-electron chi connectivity index (χ4n) is 2.16. The SMILES string of the molecule is O=C(c1cc(S)ccc1Cl)N(Cc1ccsc1)C1CC1. The molecular weight excluding hydrogens is 310 g/mol. The molecule has 1 saturated carbocycles. The van der Waals surface area contributed by atoms with Gasteiger partial charge in [-0.05, 0) is 53.4 Å². The number of halogens is 1. The Balaban J connectivity index is 1.87. The van der Waals surface area contributed by atoms with E-state index in [1.165, 1.54) is 5.56 Å². The molecule has 104 valence electrons. The molecule has 1 aliphatic carbocycles. The minimum Gasteiger partial charge on any atom is -0.331 e. The summed E-state index contributed by atoms with van der Waals surface area (Å²) in [6, 6.07) is 7.68. The zero-order chi connectivity index (χ0) is 14.1. The highest BCUT2D eigenvalue weighted by Gasteiger charge is 2.33. The number of carbonyl (C=O) groups is 1. The van der Waals surface area contributed by atoms with Crippen LogP contribution in [0.4, 0.5) is 0 Å². The summed E-state index contributed by atoms with van der Waals surface area (Å²) in [4.78, 5) is 15.4. The van der Waals surface area contributed by atoms with Gasteiger partial charge >= 0.3 is 0 Å². The van der Waals surface area contributed by atoms with E-state index in [0.717, 1.165) is 17.7 Å². The van der Waals surface area contributed by atoms with E-state index in [1.54, 1.807) is 29.5 Å². The Kier molecular flexibility index (Phi) is 4.06. The van der Waals surface area contributed by atoms with E-state index in [9.17, 15) is 4.79 Å². The molecule has 2 nitrogen and oxygen atoms in total. The molecule has 0 atom stereocenters. The van der Waals surface area contributed by atoms with Crippen molar-refractivity contribution in [2.24, 2.45) is 0 Å². The molecule has 0 aliphatic heterocycles. The van der Waals surface area contributed by atoms with Gasteiger partial charge in [0.25, 0.3) is 5.91 Å². The molecule has 0 spiro atoms. The van der Waals surface area contributed by atoms with Crippen LogP contribution in [0, 0.1) is 0 Å². The van der Waals surface area contributed by atoms with Gasteiger partial charge in [0.05, 0.1) is 10.6 Å². The van der Waals surface area contributed by atoms with Crippen LogP contribution >= 0.6 is 35.6 Å². The number of nitrogens with zero attached hydrogens (tertiary/aromatic N) is 1. The first-order valence-electron chi connectivity index (χ1n) is 6.45. The zero-order valence-electron chi connectivity index (χ0n) is 10.8. The molecule has 1 heterocycles. The van der Waals surface area contributed by atoms with Crippen LogP contribution in [0.25, 0.3) is 0 Å². The van der Waals surface area contributed by atoms with Crippen molar-refractivity contribution in [1.82, 2.24) is 4.90 Å². The van der Waals surface area contributed by atoms with E-state index in [0.29, 0.717) is 23.2 Å². The second-order valence-electron chi connectivity index (χ2n) is 4.96. The van der Waals surface area contributed by atoms with Gasteiger partial charge in [-0.1, -0.05) is 11.6 Å². The minimum absolute atomic E-state index is 0.000370. The third kappa shape index (κ3) is 3.03. The summed E-state index contributed by atoms with van der Waals surface area (Å²) in [6.45, 7) is 0.653. The molecule has 0 unspecified atom stereocenters. The fraction of sp³-hybridized carbons (Fsp3) is 0.267. The Labute approximate surface area is 132 Å². The molecule has 1 aromatic heterocycles. The topological polar surface area (TPSA) is 20.3 Å². The van der Waals surface area contributed by atoms with Crippen LogP contribution in [0.2, 0.25) is 5.02 Å². The van der Waals surface area contributed by atoms with E-state index in [2.05, 4.69) is 24.1 Å². The van der Waals surface area contributed by atoms with Crippen molar-refractivity contribution < 1.29 is 4.79 Å². The summed E-state index contributed by atoms with van der Waals surface area (Å²) in [5, 5.41) is 4.61. The first-order chi connectivity index (χ1) is 9.65. The molecule has 1 fully saturated rings. The molecule has 0 bridgehead atoms. The lowest BCUT2D eigenvalue weighted by molar-refractivity contribution is 0.0730. The van der Waals surface area contributed by atoms with Gasteiger partial charge in [-0.25, -0.2) is 0 Å². The predicted molar refractivity (Wildman–Crippen MR) is 85.9 cm³/mol. The van der Waals surface area contributed by atoms with Gasteiger partial charge < -0.3 is 4.90 Å². The van der Waals surface area contributed by atoms with Gasteiger partial charge in [0.15, 0.2) is 0 Å². The average molecular weight is 324 g/mol. The van der Waals surface area contributed by atoms with E-state index >= 15 is 0 Å². The Morgan fingerprint density at radius 1 is 1.40 bits per heavy atom. The van der Waals surface area contributed by atoms with Crippen molar-refractivity contribution >= 4 is 41.5 Å². The molecular formula is C15H14ClNOS2. The van der Waals surface area contributed by atoms with Crippen molar-refractivity contribution in [3.8, 4) is 0 Å². The van der Waals surface area contributed by atoms with Crippen LogP contribution in [0.3, 0.4) is 0 Å². The average Bonchev–Trinajstić information content (AvgIpc) is 3.15. The van der Waals surface area contributed by atoms with E-state index in [-0.39, 0.29) is 5.91 Å². The van der Waals surface area contributed by atoms with E-state index in [4.69, 9.17) is 11.6 Å². The lowest BCUT2D eigenvalue weighted by Gasteiger charge is -2.22. The van der Waals surface area contributed by atoms with Crippen LogP contribution in [0.15, 0.2) is 39.9 Å². The number of thiol groups is 1. The van der Waals surface area contributed by atoms with Crippen LogP contribution in [0.1, 0.15) is 28.8 Å². The highest BCUT2D eigenvalue weighted by molar-refractivity contribution is 7.80. The van der Waals surface area contributed by atoms with Crippen LogP contribution < -0.4 is 0 Å². The molecule has 5 heteroatoms. The second kappa shape index (κ2) is 5.80. The van der Waals surface area contributed by atoms with Gasteiger partial charge in [-0.3, -0.25) is 4.79 Å². The Morgan fingerprint density at radius 2 is 2.20 bits per heavy atom. The molecule has 1 aliphatic rings. The quantitative estimate of drug-likeness (QED) is 0.822. The Bertz CT molecular complexity index is 623. The smallest absolute Gasteiger partial charge is 0.255 e. The number of benzene rings is 1. The van der Waals surface area contributed by atoms with Crippen molar-refractivity contribution in [1.29, 1.82) is 0 Å². The Morgan fingerprint density at radius 3 is 2.85 bits per heavy atom. The molecule has 2 aromatic rings. The summed E-state index contributed by atoms with van der Waals surface area (Å²) in [6.07, 6.45) is 2.15. The van der Waals surface area contributed by atoms with Gasteiger partial charge in [0.2, 0.25) is 0 Å². The van der Waals surface area contributed by atoms with Crippen molar-refractivity contribution in [3.05, 3.63) is 51.2 Å². The van der Waals surface area contributed by atoms with Crippen LogP contribution in [-0.2, 0) is 6.54 Å². The molecule has 3 rings (SSSR count). The fourth-order valence-corrected chi connectivity index (χ4v) is 3.23. The number of carbonyl (C=O) groups excluding carboxylic acids is 1.